The largest absolute Gasteiger partial charge is 0.314 e. The van der Waals surface area contributed by atoms with Gasteiger partial charge in [-0.15, -0.1) is 0 Å². The van der Waals surface area contributed by atoms with Gasteiger partial charge in [-0.25, -0.2) is 0 Å². The molecule has 0 radical (unpaired) electrons. The van der Waals surface area contributed by atoms with Crippen molar-refractivity contribution in [3.05, 3.63) is 0 Å². The predicted molar refractivity (Wildman–Crippen MR) is 71.6 cm³/mol. The summed E-state index contributed by atoms with van der Waals surface area (Å²) in [6.07, 6.45) is 7.00. The van der Waals surface area contributed by atoms with E-state index in [0.29, 0.717) is 0 Å². The maximum atomic E-state index is 3.71. The first-order valence-electron chi connectivity index (χ1n) is 6.59. The molecule has 0 bridgehead atoms. The highest BCUT2D eigenvalue weighted by atomic mass is 32.2. The number of nitrogens with one attached hydrogen (secondary N) is 1. The molecule has 1 N–H and O–H groups in total. The molecule has 0 aromatic rings. The average Bonchev–Trinajstić information content (AvgIpc) is 2.62. The molecule has 0 saturated heterocycles. The lowest BCUT2D eigenvalue weighted by Gasteiger charge is -2.21. The lowest BCUT2D eigenvalue weighted by Crippen LogP contribution is -2.33. The van der Waals surface area contributed by atoms with Crippen LogP contribution < -0.4 is 5.32 Å². The van der Waals surface area contributed by atoms with E-state index < -0.39 is 0 Å². The Morgan fingerprint density at radius 1 is 1.33 bits per heavy atom. The van der Waals surface area contributed by atoms with Crippen molar-refractivity contribution in [2.24, 2.45) is 5.92 Å². The molecule has 90 valence electrons. The molecule has 15 heavy (non-hydrogen) atoms. The van der Waals surface area contributed by atoms with Crippen LogP contribution >= 0.6 is 11.8 Å². The Morgan fingerprint density at radius 3 is 2.80 bits per heavy atom. The lowest BCUT2D eigenvalue weighted by atomic mass is 10.0. The van der Waals surface area contributed by atoms with E-state index in [2.05, 4.69) is 37.8 Å². The van der Waals surface area contributed by atoms with Gasteiger partial charge in [-0.1, -0.05) is 27.2 Å². The third kappa shape index (κ3) is 5.26. The van der Waals surface area contributed by atoms with E-state index in [-0.39, 0.29) is 0 Å². The Hall–Kier alpha value is 0.310. The fourth-order valence-corrected chi connectivity index (χ4v) is 3.35. The summed E-state index contributed by atoms with van der Waals surface area (Å²) in [6, 6.07) is 0.831. The maximum absolute atomic E-state index is 3.71. The Labute approximate surface area is 99.8 Å². The number of thioether (sulfide) groups is 1. The molecule has 0 aromatic carbocycles. The second kappa shape index (κ2) is 7.56. The van der Waals surface area contributed by atoms with Gasteiger partial charge in [0.15, 0.2) is 0 Å². The second-order valence-corrected chi connectivity index (χ2v) is 6.64. The van der Waals surface area contributed by atoms with Gasteiger partial charge in [0.2, 0.25) is 0 Å². The van der Waals surface area contributed by atoms with Gasteiger partial charge in [-0.2, -0.15) is 11.8 Å². The third-order valence-electron chi connectivity index (χ3n) is 3.26. The van der Waals surface area contributed by atoms with Crippen LogP contribution in [-0.4, -0.2) is 23.6 Å². The van der Waals surface area contributed by atoms with Crippen LogP contribution in [0.3, 0.4) is 0 Å². The minimum atomic E-state index is 0.799. The minimum Gasteiger partial charge on any atom is -0.314 e. The summed E-state index contributed by atoms with van der Waals surface area (Å²) >= 11 is 2.12. The fourth-order valence-electron chi connectivity index (χ4n) is 2.44. The topological polar surface area (TPSA) is 12.0 Å². The molecule has 1 saturated carbocycles. The molecule has 1 fully saturated rings. The highest BCUT2D eigenvalue weighted by molar-refractivity contribution is 7.99. The molecular formula is C13H27NS. The Bertz CT molecular complexity index is 159. The molecule has 0 amide bonds. The van der Waals surface area contributed by atoms with Gasteiger partial charge in [0, 0.05) is 6.04 Å². The second-order valence-electron chi connectivity index (χ2n) is 4.96. The molecule has 0 spiro atoms. The summed E-state index contributed by atoms with van der Waals surface area (Å²) < 4.78 is 0. The zero-order valence-corrected chi connectivity index (χ0v) is 11.4. The van der Waals surface area contributed by atoms with Crippen LogP contribution in [0.4, 0.5) is 0 Å². The van der Waals surface area contributed by atoms with Crippen molar-refractivity contribution in [3.63, 3.8) is 0 Å². The number of hydrogen-bond acceptors (Lipinski definition) is 2. The van der Waals surface area contributed by atoms with E-state index in [0.717, 1.165) is 17.2 Å². The predicted octanol–water partition coefficient (Wildman–Crippen LogP) is 3.69. The molecule has 1 nitrogen and oxygen atoms in total. The van der Waals surface area contributed by atoms with Crippen molar-refractivity contribution in [1.29, 1.82) is 0 Å². The number of hydrogen-bond donors (Lipinski definition) is 1. The molecule has 1 aliphatic carbocycles. The molecule has 1 rings (SSSR count). The summed E-state index contributed by atoms with van der Waals surface area (Å²) in [4.78, 5) is 0. The van der Waals surface area contributed by atoms with Gasteiger partial charge in [-0.3, -0.25) is 0 Å². The van der Waals surface area contributed by atoms with Crippen molar-refractivity contribution >= 4 is 11.8 Å². The van der Waals surface area contributed by atoms with Gasteiger partial charge >= 0.3 is 0 Å². The molecule has 2 heteroatoms. The smallest absolute Gasteiger partial charge is 0.00956 e. The summed E-state index contributed by atoms with van der Waals surface area (Å²) in [5.41, 5.74) is 0. The average molecular weight is 229 g/mol. The summed E-state index contributed by atoms with van der Waals surface area (Å²) in [7, 11) is 0. The van der Waals surface area contributed by atoms with Gasteiger partial charge < -0.3 is 5.32 Å². The van der Waals surface area contributed by atoms with Gasteiger partial charge in [0.25, 0.3) is 0 Å². The summed E-state index contributed by atoms with van der Waals surface area (Å²) in [5, 5.41) is 4.51. The van der Waals surface area contributed by atoms with E-state index in [4.69, 9.17) is 0 Å². The molecule has 0 heterocycles. The molecule has 2 unspecified atom stereocenters. The monoisotopic (exact) mass is 229 g/mol. The Morgan fingerprint density at radius 2 is 2.13 bits per heavy atom. The molecule has 1 aliphatic rings. The first-order valence-corrected chi connectivity index (χ1v) is 7.64. The van der Waals surface area contributed by atoms with Gasteiger partial charge in [0.05, 0.1) is 0 Å². The van der Waals surface area contributed by atoms with E-state index in [1.54, 1.807) is 0 Å². The van der Waals surface area contributed by atoms with Crippen molar-refractivity contribution < 1.29 is 0 Å². The fraction of sp³-hybridized carbons (Fsp3) is 1.00. The Balaban J connectivity index is 2.15. The summed E-state index contributed by atoms with van der Waals surface area (Å²) in [6.45, 7) is 8.06. The third-order valence-corrected chi connectivity index (χ3v) is 4.39. The molecule has 2 atom stereocenters. The normalized spacial score (nSPS) is 26.4. The molecule has 0 aromatic heterocycles. The van der Waals surface area contributed by atoms with E-state index in [1.807, 2.05) is 0 Å². The van der Waals surface area contributed by atoms with Crippen LogP contribution in [0.2, 0.25) is 0 Å². The highest BCUT2D eigenvalue weighted by Crippen LogP contribution is 2.30. The summed E-state index contributed by atoms with van der Waals surface area (Å²) in [5.74, 6) is 2.31. The highest BCUT2D eigenvalue weighted by Gasteiger charge is 2.25. The SMILES string of the molecule is CCCNC1CCCC1CCSC(C)C. The quantitative estimate of drug-likeness (QED) is 0.714. The zero-order valence-electron chi connectivity index (χ0n) is 10.6. The van der Waals surface area contributed by atoms with Crippen LogP contribution in [0.25, 0.3) is 0 Å². The van der Waals surface area contributed by atoms with E-state index in [1.165, 1.54) is 44.4 Å². The zero-order chi connectivity index (χ0) is 11.1. The van der Waals surface area contributed by atoms with E-state index >= 15 is 0 Å². The van der Waals surface area contributed by atoms with Gasteiger partial charge in [-0.05, 0) is 49.1 Å². The van der Waals surface area contributed by atoms with Crippen LogP contribution in [-0.2, 0) is 0 Å². The first kappa shape index (κ1) is 13.4. The minimum absolute atomic E-state index is 0.799. The standard InChI is InChI=1S/C13H27NS/c1-4-9-14-13-7-5-6-12(13)8-10-15-11(2)3/h11-14H,4-10H2,1-3H3. The van der Waals surface area contributed by atoms with Crippen LogP contribution in [0.15, 0.2) is 0 Å². The number of rotatable bonds is 7. The van der Waals surface area contributed by atoms with Gasteiger partial charge in [0.1, 0.15) is 0 Å². The maximum Gasteiger partial charge on any atom is 0.00956 e. The van der Waals surface area contributed by atoms with Crippen molar-refractivity contribution in [2.75, 3.05) is 12.3 Å². The first-order chi connectivity index (χ1) is 7.24. The Kier molecular flexibility index (Phi) is 6.74. The van der Waals surface area contributed by atoms with Crippen LogP contribution in [0.1, 0.15) is 52.9 Å². The van der Waals surface area contributed by atoms with Crippen molar-refractivity contribution in [3.8, 4) is 0 Å². The molecular weight excluding hydrogens is 202 g/mol. The van der Waals surface area contributed by atoms with E-state index in [9.17, 15) is 0 Å². The van der Waals surface area contributed by atoms with Crippen LogP contribution in [0.5, 0.6) is 0 Å². The lowest BCUT2D eigenvalue weighted by molar-refractivity contribution is 0.393. The van der Waals surface area contributed by atoms with Crippen molar-refractivity contribution in [2.45, 2.75) is 64.2 Å². The molecule has 0 aliphatic heterocycles. The van der Waals surface area contributed by atoms with Crippen LogP contribution in [0, 0.1) is 5.92 Å². The van der Waals surface area contributed by atoms with Crippen molar-refractivity contribution in [1.82, 2.24) is 5.32 Å².